The van der Waals surface area contributed by atoms with Gasteiger partial charge in [-0.1, -0.05) is 0 Å². The molecule has 1 amide bonds. The van der Waals surface area contributed by atoms with Gasteiger partial charge in [0.05, 0.1) is 0 Å². The number of carbonyl (C=O) groups excluding carboxylic acids is 1. The van der Waals surface area contributed by atoms with E-state index in [1.807, 2.05) is 27.7 Å². The van der Waals surface area contributed by atoms with Gasteiger partial charge < -0.3 is 9.94 Å². The third-order valence-corrected chi connectivity index (χ3v) is 7.53. The number of rotatable bonds is 4. The zero-order chi connectivity index (χ0) is 17.0. The molecule has 0 aromatic heterocycles. The Hall–Kier alpha value is -0.660. The summed E-state index contributed by atoms with van der Waals surface area (Å²) in [6.45, 7) is 10.7. The zero-order valence-electron chi connectivity index (χ0n) is 14.3. The fourth-order valence-corrected chi connectivity index (χ4v) is 5.71. The molecule has 132 valence electrons. The summed E-state index contributed by atoms with van der Waals surface area (Å²) in [6.07, 6.45) is 0.103. The minimum Gasteiger partial charge on any atom is -0.446 e. The molecule has 3 heterocycles. The Morgan fingerprint density at radius 3 is 1.91 bits per heavy atom. The largest absolute Gasteiger partial charge is 0.446 e. The Balaban J connectivity index is 1.62. The molecule has 0 bridgehead atoms. The number of hydroxylamine groups is 2. The topological polar surface area (TPSA) is 84.9 Å². The smallest absolute Gasteiger partial charge is 0.414 e. The number of ether oxygens (including phenoxy) is 1. The van der Waals surface area contributed by atoms with Crippen LogP contribution in [0, 0.1) is 0 Å². The number of nitrogens with zero attached hydrogens (tertiary/aromatic N) is 3. The third kappa shape index (κ3) is 3.42. The summed E-state index contributed by atoms with van der Waals surface area (Å²) in [6, 6.07) is 0. The monoisotopic (exact) mass is 346 g/mol. The quantitative estimate of drug-likeness (QED) is 0.594. The van der Waals surface area contributed by atoms with Crippen molar-refractivity contribution in [3.8, 4) is 0 Å². The van der Waals surface area contributed by atoms with Crippen molar-refractivity contribution >= 4 is 13.7 Å². The molecule has 3 aliphatic rings. The standard InChI is InChI=1S/C14H27N4O4P/c1-13(2)9-11(10-14(3,4)18(13)20)22-12(19)15-23(21,16-5-6-16)17-7-8-17/h11,20H,5-10H2,1-4H3,(H,15,19,21). The molecule has 3 rings (SSSR count). The third-order valence-electron chi connectivity index (χ3n) is 4.73. The van der Waals surface area contributed by atoms with E-state index >= 15 is 0 Å². The maximum Gasteiger partial charge on any atom is 0.414 e. The van der Waals surface area contributed by atoms with Crippen LogP contribution in [-0.2, 0) is 9.30 Å². The van der Waals surface area contributed by atoms with Gasteiger partial charge in [-0.15, -0.1) is 0 Å². The normalized spacial score (nSPS) is 28.4. The van der Waals surface area contributed by atoms with Crippen LogP contribution >= 0.6 is 7.59 Å². The lowest BCUT2D eigenvalue weighted by Crippen LogP contribution is -2.60. The van der Waals surface area contributed by atoms with Gasteiger partial charge in [0.2, 0.25) is 0 Å². The Morgan fingerprint density at radius 2 is 1.52 bits per heavy atom. The van der Waals surface area contributed by atoms with Crippen LogP contribution in [0.1, 0.15) is 40.5 Å². The van der Waals surface area contributed by atoms with Crippen molar-refractivity contribution < 1.29 is 19.3 Å². The molecule has 0 aliphatic carbocycles. The van der Waals surface area contributed by atoms with Crippen molar-refractivity contribution in [1.82, 2.24) is 19.5 Å². The maximum atomic E-state index is 12.9. The molecule has 3 fully saturated rings. The highest BCUT2D eigenvalue weighted by Gasteiger charge is 2.50. The van der Waals surface area contributed by atoms with Crippen molar-refractivity contribution in [1.29, 1.82) is 0 Å². The molecule has 9 heteroatoms. The number of piperidine rings is 1. The van der Waals surface area contributed by atoms with Gasteiger partial charge in [0, 0.05) is 50.1 Å². The molecule has 0 saturated carbocycles. The van der Waals surface area contributed by atoms with Gasteiger partial charge in [0.15, 0.2) is 0 Å². The van der Waals surface area contributed by atoms with Gasteiger partial charge in [-0.3, -0.25) is 4.57 Å². The fourth-order valence-electron chi connectivity index (χ4n) is 3.51. The second kappa shape index (κ2) is 5.43. The summed E-state index contributed by atoms with van der Waals surface area (Å²) in [5, 5.41) is 14.2. The van der Waals surface area contributed by atoms with E-state index in [2.05, 4.69) is 5.09 Å². The maximum absolute atomic E-state index is 12.9. The van der Waals surface area contributed by atoms with Crippen molar-refractivity contribution in [3.63, 3.8) is 0 Å². The average Bonchev–Trinajstić information content (AvgIpc) is 3.27. The first-order valence-corrected chi connectivity index (χ1v) is 9.75. The second-order valence-electron chi connectivity index (χ2n) is 7.94. The highest BCUT2D eigenvalue weighted by atomic mass is 31.2. The van der Waals surface area contributed by atoms with Gasteiger partial charge in [0.1, 0.15) is 6.10 Å². The first-order valence-electron chi connectivity index (χ1n) is 8.14. The highest BCUT2D eigenvalue weighted by molar-refractivity contribution is 7.58. The molecule has 3 aliphatic heterocycles. The first-order chi connectivity index (χ1) is 10.5. The number of nitrogens with one attached hydrogen (secondary N) is 1. The Labute approximate surface area is 137 Å². The summed E-state index contributed by atoms with van der Waals surface area (Å²) in [5.74, 6) is 0. The van der Waals surface area contributed by atoms with Crippen LogP contribution in [0.25, 0.3) is 0 Å². The van der Waals surface area contributed by atoms with Crippen LogP contribution in [0.15, 0.2) is 0 Å². The summed E-state index contributed by atoms with van der Waals surface area (Å²) < 4.78 is 22.0. The number of carbonyl (C=O) groups is 1. The molecule has 23 heavy (non-hydrogen) atoms. The van der Waals surface area contributed by atoms with Crippen LogP contribution in [-0.4, -0.2) is 69.1 Å². The minimum absolute atomic E-state index is 0.319. The lowest BCUT2D eigenvalue weighted by Gasteiger charge is -2.50. The number of hydrogen-bond acceptors (Lipinski definition) is 5. The Morgan fingerprint density at radius 1 is 1.09 bits per heavy atom. The Kier molecular flexibility index (Phi) is 4.05. The molecule has 3 saturated heterocycles. The number of hydrogen-bond donors (Lipinski definition) is 2. The van der Waals surface area contributed by atoms with Crippen LogP contribution < -0.4 is 5.09 Å². The average molecular weight is 346 g/mol. The number of amides is 1. The van der Waals surface area contributed by atoms with E-state index < -0.39 is 24.8 Å². The summed E-state index contributed by atoms with van der Waals surface area (Å²) in [5.41, 5.74) is -0.979. The predicted octanol–water partition coefficient (Wildman–Crippen LogP) is 1.86. The predicted molar refractivity (Wildman–Crippen MR) is 85.2 cm³/mol. The molecule has 0 spiro atoms. The van der Waals surface area contributed by atoms with Gasteiger partial charge in [-0.05, 0) is 27.7 Å². The van der Waals surface area contributed by atoms with Crippen LogP contribution in [0.4, 0.5) is 4.79 Å². The molecule has 0 aromatic rings. The van der Waals surface area contributed by atoms with Crippen molar-refractivity contribution in [2.75, 3.05) is 26.2 Å². The second-order valence-corrected chi connectivity index (χ2v) is 10.4. The van der Waals surface area contributed by atoms with E-state index in [1.54, 1.807) is 9.34 Å². The van der Waals surface area contributed by atoms with Gasteiger partial charge in [-0.25, -0.2) is 19.2 Å². The van der Waals surface area contributed by atoms with Crippen LogP contribution in [0.3, 0.4) is 0 Å². The lowest BCUT2D eigenvalue weighted by atomic mass is 9.80. The van der Waals surface area contributed by atoms with Gasteiger partial charge in [0.25, 0.3) is 0 Å². The van der Waals surface area contributed by atoms with Gasteiger partial charge >= 0.3 is 13.7 Å². The highest BCUT2D eigenvalue weighted by Crippen LogP contribution is 2.56. The Bertz CT molecular complexity index is 511. The lowest BCUT2D eigenvalue weighted by molar-refractivity contribution is -0.256. The van der Waals surface area contributed by atoms with E-state index in [9.17, 15) is 14.6 Å². The van der Waals surface area contributed by atoms with Crippen LogP contribution in [0.2, 0.25) is 0 Å². The summed E-state index contributed by atoms with van der Waals surface area (Å²) in [7, 11) is -2.96. The SMILES string of the molecule is CC1(C)CC(OC(=O)NP(=O)(N2CC2)N2CC2)CC(C)(C)N1O. The van der Waals surface area contributed by atoms with Crippen molar-refractivity contribution in [2.45, 2.75) is 57.7 Å². The molecule has 0 unspecified atom stereocenters. The molecule has 8 nitrogen and oxygen atoms in total. The molecule has 0 radical (unpaired) electrons. The molecule has 0 aromatic carbocycles. The van der Waals surface area contributed by atoms with E-state index in [0.29, 0.717) is 12.8 Å². The van der Waals surface area contributed by atoms with E-state index in [4.69, 9.17) is 4.74 Å². The van der Waals surface area contributed by atoms with E-state index in [-0.39, 0.29) is 6.10 Å². The van der Waals surface area contributed by atoms with E-state index in [1.165, 1.54) is 5.06 Å². The van der Waals surface area contributed by atoms with E-state index in [0.717, 1.165) is 26.2 Å². The first kappa shape index (κ1) is 17.2. The van der Waals surface area contributed by atoms with Crippen LogP contribution in [0.5, 0.6) is 0 Å². The van der Waals surface area contributed by atoms with Crippen molar-refractivity contribution in [2.24, 2.45) is 0 Å². The molecule has 2 N–H and O–H groups in total. The molecular weight excluding hydrogens is 319 g/mol. The minimum atomic E-state index is -2.96. The molecule has 0 atom stereocenters. The van der Waals surface area contributed by atoms with Gasteiger partial charge in [-0.2, -0.15) is 5.06 Å². The zero-order valence-corrected chi connectivity index (χ0v) is 15.2. The van der Waals surface area contributed by atoms with Crippen molar-refractivity contribution in [3.05, 3.63) is 0 Å². The summed E-state index contributed by atoms with van der Waals surface area (Å²) in [4.78, 5) is 12.3. The molecular formula is C14H27N4O4P. The fraction of sp³-hybridized carbons (Fsp3) is 0.929. The summed E-state index contributed by atoms with van der Waals surface area (Å²) >= 11 is 0.